The molecule has 0 aliphatic rings. The highest BCUT2D eigenvalue weighted by Gasteiger charge is 2.34. The van der Waals surface area contributed by atoms with Crippen LogP contribution in [0.4, 0.5) is 17.6 Å². The van der Waals surface area contributed by atoms with E-state index in [0.717, 1.165) is 12.3 Å². The van der Waals surface area contributed by atoms with Crippen LogP contribution in [0.25, 0.3) is 10.4 Å². The van der Waals surface area contributed by atoms with Gasteiger partial charge in [0.05, 0.1) is 10.4 Å². The fourth-order valence-electron chi connectivity index (χ4n) is 1.33. The molecule has 0 aliphatic carbocycles. The second kappa shape index (κ2) is 4.49. The van der Waals surface area contributed by atoms with E-state index >= 15 is 0 Å². The van der Waals surface area contributed by atoms with Crippen LogP contribution in [0.5, 0.6) is 0 Å². The highest BCUT2D eigenvalue weighted by Crippen LogP contribution is 2.36. The van der Waals surface area contributed by atoms with Gasteiger partial charge in [0.2, 0.25) is 0 Å². The zero-order valence-electron chi connectivity index (χ0n) is 8.66. The monoisotopic (exact) mass is 275 g/mol. The Labute approximate surface area is 103 Å². The highest BCUT2D eigenvalue weighted by atomic mass is 32.1. The maximum absolute atomic E-state index is 13.1. The molecule has 2 aromatic rings. The lowest BCUT2D eigenvalue weighted by atomic mass is 10.1. The predicted molar refractivity (Wildman–Crippen MR) is 57.9 cm³/mol. The number of carbonyl (C=O) groups is 1. The van der Waals surface area contributed by atoms with Crippen molar-refractivity contribution in [3.05, 3.63) is 40.8 Å². The molecule has 0 spiro atoms. The fraction of sp³-hybridized carbons (Fsp3) is 0.0909. The number of rotatable bonds is 2. The summed E-state index contributed by atoms with van der Waals surface area (Å²) in [6.45, 7) is 0. The van der Waals surface area contributed by atoms with Crippen LogP contribution in [0, 0.1) is 5.82 Å². The van der Waals surface area contributed by atoms with Gasteiger partial charge in [0.25, 0.3) is 0 Å². The van der Waals surface area contributed by atoms with Gasteiger partial charge < -0.3 is 0 Å². The van der Waals surface area contributed by atoms with Crippen LogP contribution in [0.2, 0.25) is 0 Å². The van der Waals surface area contributed by atoms with Crippen molar-refractivity contribution in [1.82, 2.24) is 4.98 Å². The lowest BCUT2D eigenvalue weighted by Gasteiger charge is -2.00. The van der Waals surface area contributed by atoms with E-state index < -0.39 is 17.0 Å². The zero-order chi connectivity index (χ0) is 13.3. The van der Waals surface area contributed by atoms with Crippen LogP contribution in [-0.4, -0.2) is 11.3 Å². The number of aromatic nitrogens is 1. The largest absolute Gasteiger partial charge is 0.443 e. The number of aldehydes is 1. The molecule has 0 fully saturated rings. The molecule has 0 saturated heterocycles. The molecule has 0 atom stereocenters. The Morgan fingerprint density at radius 3 is 2.56 bits per heavy atom. The van der Waals surface area contributed by atoms with E-state index in [-0.39, 0.29) is 10.4 Å². The first-order valence-corrected chi connectivity index (χ1v) is 5.51. The van der Waals surface area contributed by atoms with Crippen LogP contribution in [0.15, 0.2) is 24.4 Å². The second-order valence-corrected chi connectivity index (χ2v) is 4.41. The van der Waals surface area contributed by atoms with Crippen LogP contribution >= 0.6 is 11.3 Å². The van der Waals surface area contributed by atoms with Gasteiger partial charge in [0.15, 0.2) is 11.3 Å². The maximum atomic E-state index is 13.1. The molecule has 0 bridgehead atoms. The molecule has 1 aromatic heterocycles. The first kappa shape index (κ1) is 12.7. The molecule has 94 valence electrons. The summed E-state index contributed by atoms with van der Waals surface area (Å²) in [6.07, 6.45) is -3.14. The minimum atomic E-state index is -4.50. The smallest absolute Gasteiger partial charge is 0.298 e. The molecule has 2 nitrogen and oxygen atoms in total. The average molecular weight is 275 g/mol. The van der Waals surface area contributed by atoms with E-state index in [1.165, 1.54) is 12.1 Å². The van der Waals surface area contributed by atoms with Gasteiger partial charge in [-0.2, -0.15) is 13.2 Å². The predicted octanol–water partition coefficient (Wildman–Crippen LogP) is 3.78. The summed E-state index contributed by atoms with van der Waals surface area (Å²) in [6, 6.07) is 3.53. The van der Waals surface area contributed by atoms with Gasteiger partial charge in [0.1, 0.15) is 5.82 Å². The number of halogens is 4. The molecule has 2 rings (SSSR count). The molecule has 0 unspecified atom stereocenters. The van der Waals surface area contributed by atoms with Crippen LogP contribution in [0.3, 0.4) is 0 Å². The van der Waals surface area contributed by atoms with Crippen molar-refractivity contribution < 1.29 is 22.4 Å². The van der Waals surface area contributed by atoms with Gasteiger partial charge in [-0.15, -0.1) is 11.3 Å². The molecule has 0 aliphatic heterocycles. The summed E-state index contributed by atoms with van der Waals surface area (Å²) in [5.74, 6) is -0.714. The van der Waals surface area contributed by atoms with Gasteiger partial charge >= 0.3 is 6.18 Å². The molecule has 0 radical (unpaired) electrons. The standard InChI is InChI=1S/C11H5F4NOS/c12-8-2-1-6(3-7(8)5-17)9-4-16-10(18-9)11(13,14)15/h1-5H. The summed E-state index contributed by atoms with van der Waals surface area (Å²) in [5.41, 5.74) is 0.126. The van der Waals surface area contributed by atoms with Gasteiger partial charge in [-0.25, -0.2) is 9.37 Å². The van der Waals surface area contributed by atoms with Gasteiger partial charge in [-0.3, -0.25) is 4.79 Å². The van der Waals surface area contributed by atoms with Crippen molar-refractivity contribution >= 4 is 17.6 Å². The van der Waals surface area contributed by atoms with Gasteiger partial charge in [-0.1, -0.05) is 6.07 Å². The van der Waals surface area contributed by atoms with Crippen molar-refractivity contribution in [2.45, 2.75) is 6.18 Å². The molecule has 18 heavy (non-hydrogen) atoms. The van der Waals surface area contributed by atoms with Crippen molar-refractivity contribution in [2.75, 3.05) is 0 Å². The minimum Gasteiger partial charge on any atom is -0.298 e. The Balaban J connectivity index is 2.43. The second-order valence-electron chi connectivity index (χ2n) is 3.38. The number of thiazole rings is 1. The zero-order valence-corrected chi connectivity index (χ0v) is 9.48. The Morgan fingerprint density at radius 1 is 1.28 bits per heavy atom. The highest BCUT2D eigenvalue weighted by molar-refractivity contribution is 7.15. The summed E-state index contributed by atoms with van der Waals surface area (Å²) in [5, 5.41) is -0.977. The number of hydrogen-bond donors (Lipinski definition) is 0. The van der Waals surface area contributed by atoms with Crippen molar-refractivity contribution in [2.24, 2.45) is 0 Å². The number of alkyl halides is 3. The normalized spacial score (nSPS) is 11.6. The molecule has 1 aromatic carbocycles. The van der Waals surface area contributed by atoms with Crippen molar-refractivity contribution in [1.29, 1.82) is 0 Å². The van der Waals surface area contributed by atoms with Crippen molar-refractivity contribution in [3.63, 3.8) is 0 Å². The topological polar surface area (TPSA) is 30.0 Å². The van der Waals surface area contributed by atoms with E-state index in [4.69, 9.17) is 0 Å². The van der Waals surface area contributed by atoms with E-state index in [1.807, 2.05) is 0 Å². The summed E-state index contributed by atoms with van der Waals surface area (Å²) in [7, 11) is 0. The third-order valence-electron chi connectivity index (χ3n) is 2.16. The summed E-state index contributed by atoms with van der Waals surface area (Å²) < 4.78 is 50.1. The molecule has 7 heteroatoms. The SMILES string of the molecule is O=Cc1cc(-c2cnc(C(F)(F)F)s2)ccc1F. The third kappa shape index (κ3) is 2.40. The first-order chi connectivity index (χ1) is 8.41. The molecule has 0 saturated carbocycles. The quantitative estimate of drug-likeness (QED) is 0.616. The fourth-order valence-corrected chi connectivity index (χ4v) is 2.11. The maximum Gasteiger partial charge on any atom is 0.443 e. The van der Waals surface area contributed by atoms with Crippen molar-refractivity contribution in [3.8, 4) is 10.4 Å². The van der Waals surface area contributed by atoms with E-state index in [1.54, 1.807) is 0 Å². The van der Waals surface area contributed by atoms with E-state index in [2.05, 4.69) is 4.98 Å². The lowest BCUT2D eigenvalue weighted by molar-refractivity contribution is -0.137. The number of nitrogens with zero attached hydrogens (tertiary/aromatic N) is 1. The Hall–Kier alpha value is -1.76. The van der Waals surface area contributed by atoms with Gasteiger partial charge in [-0.05, 0) is 17.7 Å². The van der Waals surface area contributed by atoms with Gasteiger partial charge in [0, 0.05) is 6.20 Å². The molecule has 1 heterocycles. The molecular formula is C11H5F4NOS. The van der Waals surface area contributed by atoms with Crippen LogP contribution in [-0.2, 0) is 6.18 Å². The average Bonchev–Trinajstić information content (AvgIpc) is 2.78. The number of benzene rings is 1. The third-order valence-corrected chi connectivity index (χ3v) is 3.25. The minimum absolute atomic E-state index is 0.200. The molecule has 0 amide bonds. The van der Waals surface area contributed by atoms with E-state index in [0.29, 0.717) is 23.2 Å². The molecular weight excluding hydrogens is 270 g/mol. The van der Waals surface area contributed by atoms with Crippen LogP contribution in [0.1, 0.15) is 15.4 Å². The van der Waals surface area contributed by atoms with E-state index in [9.17, 15) is 22.4 Å². The Kier molecular flexibility index (Phi) is 3.16. The molecule has 0 N–H and O–H groups in total. The Morgan fingerprint density at radius 2 is 2.00 bits per heavy atom. The number of carbonyl (C=O) groups excluding carboxylic acids is 1. The Bertz CT molecular complexity index is 591. The van der Waals surface area contributed by atoms with Crippen LogP contribution < -0.4 is 0 Å². The first-order valence-electron chi connectivity index (χ1n) is 4.70. The lowest BCUT2D eigenvalue weighted by Crippen LogP contribution is -2.02. The summed E-state index contributed by atoms with van der Waals surface area (Å²) in [4.78, 5) is 14.0. The summed E-state index contributed by atoms with van der Waals surface area (Å²) >= 11 is 0.443. The number of hydrogen-bond acceptors (Lipinski definition) is 3.